The molecule has 0 bridgehead atoms. The molecule has 2 N–H and O–H groups in total. The third kappa shape index (κ3) is 5.04. The Hall–Kier alpha value is -4.12. The molecule has 0 saturated heterocycles. The number of fused-ring (bicyclic) bond motifs is 1. The summed E-state index contributed by atoms with van der Waals surface area (Å²) in [7, 11) is 0. The number of hydrogen-bond acceptors (Lipinski definition) is 6. The fourth-order valence-corrected chi connectivity index (χ4v) is 3.96. The van der Waals surface area contributed by atoms with Gasteiger partial charge in [0.15, 0.2) is 0 Å². The molecule has 8 nitrogen and oxygen atoms in total. The maximum atomic E-state index is 12.4. The molecule has 2 heterocycles. The fourth-order valence-electron chi connectivity index (χ4n) is 3.96. The van der Waals surface area contributed by atoms with Gasteiger partial charge < -0.3 is 20.2 Å². The molecular weight excluding hydrogens is 437 g/mol. The van der Waals surface area contributed by atoms with E-state index in [2.05, 4.69) is 10.1 Å². The predicted molar refractivity (Wildman–Crippen MR) is 127 cm³/mol. The minimum atomic E-state index is -1.26. The zero-order valence-corrected chi connectivity index (χ0v) is 19.1. The number of carbonyl (C=O) groups is 1. The topological polar surface area (TPSA) is 119 Å². The summed E-state index contributed by atoms with van der Waals surface area (Å²) < 4.78 is 3.27. The number of carboxylic acids is 1. The number of nitrogen functional groups attached to an aromatic ring is 1. The maximum absolute atomic E-state index is 12.4. The van der Waals surface area contributed by atoms with Crippen molar-refractivity contribution in [2.75, 3.05) is 5.73 Å². The normalized spacial score (nSPS) is 10.7. The zero-order chi connectivity index (χ0) is 23.7. The number of anilines is 1. The number of nitrogens with zero attached hydrogens (tertiary/aromatic N) is 4. The van der Waals surface area contributed by atoms with E-state index in [1.54, 1.807) is 18.2 Å². The Labute approximate surface area is 212 Å². The van der Waals surface area contributed by atoms with Gasteiger partial charge in [-0.15, -0.1) is 0 Å². The van der Waals surface area contributed by atoms with Crippen LogP contribution in [0.25, 0.3) is 22.3 Å². The number of hydrogen-bond donors (Lipinski definition) is 1. The van der Waals surface area contributed by atoms with Gasteiger partial charge in [-0.25, -0.2) is 9.67 Å². The molecule has 0 amide bonds. The van der Waals surface area contributed by atoms with Crippen molar-refractivity contribution in [3.05, 3.63) is 112 Å². The third-order valence-electron chi connectivity index (χ3n) is 5.61. The van der Waals surface area contributed by atoms with Gasteiger partial charge in [-0.3, -0.25) is 4.79 Å². The minimum Gasteiger partial charge on any atom is -0.545 e. The Morgan fingerprint density at radius 1 is 0.886 bits per heavy atom. The van der Waals surface area contributed by atoms with E-state index in [4.69, 9.17) is 5.73 Å². The maximum Gasteiger partial charge on any atom is 1.00 e. The molecule has 2 aromatic heterocycles. The number of benzene rings is 3. The number of carboxylic acid groups (broad SMARTS) is 1. The van der Waals surface area contributed by atoms with Crippen LogP contribution < -0.4 is 35.3 Å². The van der Waals surface area contributed by atoms with E-state index in [1.807, 2.05) is 53.1 Å². The van der Waals surface area contributed by atoms with E-state index in [-0.39, 0.29) is 36.5 Å². The number of imidazole rings is 1. The summed E-state index contributed by atoms with van der Waals surface area (Å²) in [6, 6.07) is 25.1. The van der Waals surface area contributed by atoms with Crippen molar-refractivity contribution in [1.82, 2.24) is 19.3 Å². The molecule has 0 aliphatic carbocycles. The molecule has 5 aromatic rings. The minimum absolute atomic E-state index is 0. The van der Waals surface area contributed by atoms with Crippen molar-refractivity contribution in [3.8, 4) is 11.3 Å². The summed E-state index contributed by atoms with van der Waals surface area (Å²) in [6.45, 7) is 0.681. The average molecular weight is 457 g/mol. The second-order valence-corrected chi connectivity index (χ2v) is 7.95. The summed E-state index contributed by atoms with van der Waals surface area (Å²) in [5.41, 5.74) is 10.8. The van der Waals surface area contributed by atoms with Crippen LogP contribution in [0.2, 0.25) is 0 Å². The van der Waals surface area contributed by atoms with Gasteiger partial charge in [-0.05, 0) is 47.0 Å². The first kappa shape index (κ1) is 24.0. The number of rotatable bonds is 6. The molecule has 0 aliphatic heterocycles. The summed E-state index contributed by atoms with van der Waals surface area (Å²) >= 11 is 0. The first-order valence-corrected chi connectivity index (χ1v) is 10.7. The molecule has 0 radical (unpaired) electrons. The van der Waals surface area contributed by atoms with Gasteiger partial charge in [-0.2, -0.15) is 5.10 Å². The van der Waals surface area contributed by atoms with Crippen molar-refractivity contribution < 1.29 is 28.8 Å². The molecule has 35 heavy (non-hydrogen) atoms. The molecule has 5 rings (SSSR count). The standard InChI is InChI=1S/C26H21N5O3.Li/c27-26-28-22-9-1-2-10-23(22)30(26)15-17-5-3-7-19(13-17)21-11-12-24(32)31(29-21)16-18-6-4-8-20(14-18)25(33)34;/h1-14H,15-16H2,(H2,27,28)(H,33,34);/q;+1/p-1. The van der Waals surface area contributed by atoms with Gasteiger partial charge in [0.2, 0.25) is 5.95 Å². The van der Waals surface area contributed by atoms with Crippen LogP contribution in [0.3, 0.4) is 0 Å². The number of nitrogens with two attached hydrogens (primary N) is 1. The summed E-state index contributed by atoms with van der Waals surface area (Å²) in [6.07, 6.45) is 0. The largest absolute Gasteiger partial charge is 1.00 e. The molecule has 0 aliphatic rings. The van der Waals surface area contributed by atoms with Gasteiger partial charge in [0.1, 0.15) is 0 Å². The second kappa shape index (κ2) is 10.0. The van der Waals surface area contributed by atoms with Crippen LogP contribution in [0.5, 0.6) is 0 Å². The van der Waals surface area contributed by atoms with Gasteiger partial charge in [-0.1, -0.05) is 48.5 Å². The molecule has 0 atom stereocenters. The van der Waals surface area contributed by atoms with Gasteiger partial charge in [0, 0.05) is 11.6 Å². The van der Waals surface area contributed by atoms with Crippen LogP contribution in [0, 0.1) is 0 Å². The Kier molecular flexibility index (Phi) is 6.87. The van der Waals surface area contributed by atoms with Crippen molar-refractivity contribution in [2.24, 2.45) is 0 Å². The van der Waals surface area contributed by atoms with Crippen molar-refractivity contribution in [2.45, 2.75) is 13.1 Å². The van der Waals surface area contributed by atoms with E-state index in [9.17, 15) is 14.7 Å². The van der Waals surface area contributed by atoms with Gasteiger partial charge >= 0.3 is 18.9 Å². The Morgan fingerprint density at radius 2 is 1.63 bits per heavy atom. The number of carbonyl (C=O) groups excluding carboxylic acids is 1. The van der Waals surface area contributed by atoms with Gasteiger partial charge in [0.05, 0.1) is 35.8 Å². The van der Waals surface area contributed by atoms with Crippen LogP contribution >= 0.6 is 0 Å². The number of aromatic carboxylic acids is 1. The molecule has 3 aromatic carbocycles. The van der Waals surface area contributed by atoms with Crippen LogP contribution in [-0.4, -0.2) is 25.3 Å². The predicted octanol–water partition coefficient (Wildman–Crippen LogP) is -0.694. The van der Waals surface area contributed by atoms with Crippen LogP contribution in [-0.2, 0) is 13.1 Å². The van der Waals surface area contributed by atoms with Crippen molar-refractivity contribution in [3.63, 3.8) is 0 Å². The van der Waals surface area contributed by atoms with Crippen LogP contribution in [0.4, 0.5) is 5.95 Å². The second-order valence-electron chi connectivity index (χ2n) is 7.95. The summed E-state index contributed by atoms with van der Waals surface area (Å²) in [5, 5.41) is 15.7. The Morgan fingerprint density at radius 3 is 2.43 bits per heavy atom. The molecule has 0 saturated carbocycles. The van der Waals surface area contributed by atoms with E-state index >= 15 is 0 Å². The average Bonchev–Trinajstić information content (AvgIpc) is 3.16. The van der Waals surface area contributed by atoms with E-state index in [0.717, 1.165) is 22.2 Å². The Bertz CT molecular complexity index is 1590. The first-order chi connectivity index (χ1) is 16.5. The van der Waals surface area contributed by atoms with Crippen LogP contribution in [0.1, 0.15) is 21.5 Å². The Balaban J connectivity index is 0.00000289. The molecule has 0 spiro atoms. The van der Waals surface area contributed by atoms with Gasteiger partial charge in [0.25, 0.3) is 5.56 Å². The molecule has 0 unspecified atom stereocenters. The zero-order valence-electron chi connectivity index (χ0n) is 19.1. The van der Waals surface area contributed by atoms with E-state index in [1.165, 1.54) is 22.9 Å². The summed E-state index contributed by atoms with van der Waals surface area (Å²) in [5.74, 6) is -0.823. The van der Waals surface area contributed by atoms with Crippen molar-refractivity contribution >= 4 is 23.0 Å². The summed E-state index contributed by atoms with van der Waals surface area (Å²) in [4.78, 5) is 28.0. The van der Waals surface area contributed by atoms with Crippen LogP contribution in [0.15, 0.2) is 89.7 Å². The number of aromatic nitrogens is 4. The molecule has 168 valence electrons. The van der Waals surface area contributed by atoms with E-state index < -0.39 is 5.97 Å². The molecule has 9 heteroatoms. The molecule has 0 fully saturated rings. The first-order valence-electron chi connectivity index (χ1n) is 10.7. The van der Waals surface area contributed by atoms with E-state index in [0.29, 0.717) is 23.8 Å². The third-order valence-corrected chi connectivity index (χ3v) is 5.61. The smallest absolute Gasteiger partial charge is 0.545 e. The molecular formula is C26H20LiN5O3. The SMILES string of the molecule is Nc1nc2ccccc2n1Cc1cccc(-c2ccc(=O)n(Cc3cccc(C(=O)[O-])c3)n2)c1.[Li+]. The monoisotopic (exact) mass is 457 g/mol. The quantitative estimate of drug-likeness (QED) is 0.337. The number of para-hydroxylation sites is 2. The van der Waals surface area contributed by atoms with Crippen molar-refractivity contribution in [1.29, 1.82) is 0 Å². The fraction of sp³-hybridized carbons (Fsp3) is 0.0769.